The monoisotopic (exact) mass is 299 g/mol. The summed E-state index contributed by atoms with van der Waals surface area (Å²) in [6, 6.07) is 3.17. The molecule has 21 heavy (non-hydrogen) atoms. The minimum Gasteiger partial charge on any atom is -0.395 e. The Labute approximate surface area is 125 Å². The van der Waals surface area contributed by atoms with Crippen LogP contribution in [0.5, 0.6) is 0 Å². The van der Waals surface area contributed by atoms with Crippen LogP contribution >= 0.6 is 0 Å². The zero-order valence-corrected chi connectivity index (χ0v) is 12.6. The Balaban J connectivity index is 2.62. The van der Waals surface area contributed by atoms with Gasteiger partial charge in [0.15, 0.2) is 0 Å². The molecule has 5 nitrogen and oxygen atoms in total. The maximum Gasteiger partial charge on any atom is 0.141 e. The number of nitrogens with one attached hydrogen (secondary N) is 1. The van der Waals surface area contributed by atoms with Gasteiger partial charge in [-0.2, -0.15) is 0 Å². The number of hydrogen-bond donors (Lipinski definition) is 3. The van der Waals surface area contributed by atoms with E-state index in [0.29, 0.717) is 13.1 Å². The number of aliphatic hydroxyl groups is 2. The highest BCUT2D eigenvalue weighted by atomic mass is 19.1. The Morgan fingerprint density at radius 1 is 1.24 bits per heavy atom. The number of aromatic nitrogens is 1. The second-order valence-corrected chi connectivity index (χ2v) is 4.99. The zero-order valence-electron chi connectivity index (χ0n) is 12.6. The average Bonchev–Trinajstić information content (AvgIpc) is 2.49. The van der Waals surface area contributed by atoms with Crippen LogP contribution in [0, 0.1) is 5.82 Å². The maximum absolute atomic E-state index is 13.0. The molecule has 0 radical (unpaired) electrons. The third-order valence-electron chi connectivity index (χ3n) is 3.31. The quantitative estimate of drug-likeness (QED) is 0.567. The first-order valence-electron chi connectivity index (χ1n) is 7.50. The van der Waals surface area contributed by atoms with E-state index in [-0.39, 0.29) is 25.1 Å². The lowest BCUT2D eigenvalue weighted by molar-refractivity contribution is 0.156. The Morgan fingerprint density at radius 3 is 2.48 bits per heavy atom. The molecule has 0 amide bonds. The molecule has 3 N–H and O–H groups in total. The third-order valence-corrected chi connectivity index (χ3v) is 3.31. The first-order chi connectivity index (χ1) is 10.2. The van der Waals surface area contributed by atoms with Crippen LogP contribution in [-0.2, 0) is 0 Å². The molecular weight excluding hydrogens is 273 g/mol. The van der Waals surface area contributed by atoms with Crippen molar-refractivity contribution in [2.45, 2.75) is 25.8 Å². The predicted octanol–water partition coefficient (Wildman–Crippen LogP) is 0.938. The number of pyridine rings is 1. The van der Waals surface area contributed by atoms with Gasteiger partial charge in [-0.25, -0.2) is 4.39 Å². The van der Waals surface area contributed by atoms with Crippen molar-refractivity contribution >= 4 is 0 Å². The third kappa shape index (κ3) is 6.95. The molecule has 1 aromatic rings. The lowest BCUT2D eigenvalue weighted by atomic mass is 10.1. The topological polar surface area (TPSA) is 68.6 Å². The molecular formula is C15H26FN3O2. The van der Waals surface area contributed by atoms with Gasteiger partial charge < -0.3 is 15.5 Å². The van der Waals surface area contributed by atoms with Crippen LogP contribution in [0.4, 0.5) is 4.39 Å². The molecule has 0 aliphatic rings. The number of halogens is 1. The van der Waals surface area contributed by atoms with Crippen LogP contribution < -0.4 is 5.32 Å². The van der Waals surface area contributed by atoms with Crippen molar-refractivity contribution in [1.29, 1.82) is 0 Å². The molecule has 1 atom stereocenters. The molecule has 1 rings (SSSR count). The smallest absolute Gasteiger partial charge is 0.141 e. The van der Waals surface area contributed by atoms with Gasteiger partial charge in [0.2, 0.25) is 0 Å². The van der Waals surface area contributed by atoms with Gasteiger partial charge in [-0.1, -0.05) is 6.92 Å². The van der Waals surface area contributed by atoms with Crippen LogP contribution in [0.15, 0.2) is 18.3 Å². The standard InChI is InChI=1S/C15H26FN3O2/c1-2-6-17-15(14-4-3-13(16)12-18-14)5-7-19(8-10-20)9-11-21/h3-4,12,15,17,20-21H,2,5-11H2,1H3. The van der Waals surface area contributed by atoms with E-state index in [4.69, 9.17) is 10.2 Å². The second-order valence-electron chi connectivity index (χ2n) is 4.99. The number of nitrogens with zero attached hydrogens (tertiary/aromatic N) is 2. The van der Waals surface area contributed by atoms with Crippen LogP contribution in [0.1, 0.15) is 31.5 Å². The fourth-order valence-corrected chi connectivity index (χ4v) is 2.20. The summed E-state index contributed by atoms with van der Waals surface area (Å²) in [7, 11) is 0. The van der Waals surface area contributed by atoms with Crippen LogP contribution in [0.2, 0.25) is 0 Å². The van der Waals surface area contributed by atoms with Crippen molar-refractivity contribution in [3.63, 3.8) is 0 Å². The molecule has 0 spiro atoms. The predicted molar refractivity (Wildman–Crippen MR) is 80.5 cm³/mol. The van der Waals surface area contributed by atoms with Crippen molar-refractivity contribution in [3.05, 3.63) is 29.8 Å². The lowest BCUT2D eigenvalue weighted by Gasteiger charge is -2.24. The molecule has 0 aliphatic heterocycles. The molecule has 0 saturated heterocycles. The van der Waals surface area contributed by atoms with Gasteiger partial charge in [0.1, 0.15) is 5.82 Å². The van der Waals surface area contributed by atoms with Crippen molar-refractivity contribution < 1.29 is 14.6 Å². The van der Waals surface area contributed by atoms with Crippen molar-refractivity contribution in [2.75, 3.05) is 39.4 Å². The van der Waals surface area contributed by atoms with Crippen molar-refractivity contribution in [2.24, 2.45) is 0 Å². The minimum atomic E-state index is -0.338. The number of aliphatic hydroxyl groups excluding tert-OH is 2. The number of hydrogen-bond acceptors (Lipinski definition) is 5. The fraction of sp³-hybridized carbons (Fsp3) is 0.667. The first kappa shape index (κ1) is 18.0. The van der Waals surface area contributed by atoms with E-state index in [1.807, 2.05) is 4.90 Å². The molecule has 6 heteroatoms. The first-order valence-corrected chi connectivity index (χ1v) is 7.50. The van der Waals surface area contributed by atoms with E-state index in [1.165, 1.54) is 12.3 Å². The summed E-state index contributed by atoms with van der Waals surface area (Å²) in [4.78, 5) is 6.15. The van der Waals surface area contributed by atoms with E-state index in [0.717, 1.165) is 31.6 Å². The fourth-order valence-electron chi connectivity index (χ4n) is 2.20. The Bertz CT molecular complexity index is 370. The molecule has 120 valence electrons. The van der Waals surface area contributed by atoms with Gasteiger partial charge in [-0.05, 0) is 31.5 Å². The molecule has 1 unspecified atom stereocenters. The van der Waals surface area contributed by atoms with Gasteiger partial charge in [-0.3, -0.25) is 9.88 Å². The van der Waals surface area contributed by atoms with E-state index in [1.54, 1.807) is 6.07 Å². The van der Waals surface area contributed by atoms with Gasteiger partial charge >= 0.3 is 0 Å². The lowest BCUT2D eigenvalue weighted by Crippen LogP contribution is -2.34. The summed E-state index contributed by atoms with van der Waals surface area (Å²) in [5.74, 6) is -0.338. The van der Waals surface area contributed by atoms with Crippen LogP contribution in [0.25, 0.3) is 0 Å². The van der Waals surface area contributed by atoms with E-state index < -0.39 is 0 Å². The highest BCUT2D eigenvalue weighted by Crippen LogP contribution is 2.15. The normalized spacial score (nSPS) is 12.8. The summed E-state index contributed by atoms with van der Waals surface area (Å²) in [5, 5.41) is 21.5. The van der Waals surface area contributed by atoms with Gasteiger partial charge in [0.25, 0.3) is 0 Å². The SMILES string of the molecule is CCCNC(CCN(CCO)CCO)c1ccc(F)cn1. The highest BCUT2D eigenvalue weighted by molar-refractivity contribution is 5.10. The molecule has 1 aromatic heterocycles. The van der Waals surface area contributed by atoms with Crippen LogP contribution in [-0.4, -0.2) is 59.5 Å². The second kappa shape index (κ2) is 10.6. The van der Waals surface area contributed by atoms with Gasteiger partial charge in [0.05, 0.1) is 31.1 Å². The van der Waals surface area contributed by atoms with E-state index >= 15 is 0 Å². The average molecular weight is 299 g/mol. The molecule has 0 aliphatic carbocycles. The summed E-state index contributed by atoms with van der Waals surface area (Å²) >= 11 is 0. The largest absolute Gasteiger partial charge is 0.395 e. The molecule has 0 fully saturated rings. The Kier molecular flexibility index (Phi) is 9.09. The Morgan fingerprint density at radius 2 is 1.95 bits per heavy atom. The van der Waals surface area contributed by atoms with E-state index in [2.05, 4.69) is 17.2 Å². The molecule has 0 saturated carbocycles. The zero-order chi connectivity index (χ0) is 15.5. The molecule has 0 bridgehead atoms. The van der Waals surface area contributed by atoms with Crippen molar-refractivity contribution in [1.82, 2.24) is 15.2 Å². The summed E-state index contributed by atoms with van der Waals surface area (Å²) in [6.45, 7) is 4.91. The Hall–Kier alpha value is -1.08. The molecule has 0 aromatic carbocycles. The van der Waals surface area contributed by atoms with Crippen LogP contribution in [0.3, 0.4) is 0 Å². The summed E-state index contributed by atoms with van der Waals surface area (Å²) in [6.07, 6.45) is 3.03. The summed E-state index contributed by atoms with van der Waals surface area (Å²) < 4.78 is 13.0. The maximum atomic E-state index is 13.0. The highest BCUT2D eigenvalue weighted by Gasteiger charge is 2.14. The number of rotatable bonds is 11. The van der Waals surface area contributed by atoms with Gasteiger partial charge in [-0.15, -0.1) is 0 Å². The molecule has 1 heterocycles. The minimum absolute atomic E-state index is 0.0467. The van der Waals surface area contributed by atoms with E-state index in [9.17, 15) is 4.39 Å². The van der Waals surface area contributed by atoms with Crippen molar-refractivity contribution in [3.8, 4) is 0 Å². The van der Waals surface area contributed by atoms with Gasteiger partial charge in [0, 0.05) is 19.6 Å². The summed E-state index contributed by atoms with van der Waals surface area (Å²) in [5.41, 5.74) is 0.817.